The molecule has 0 aliphatic heterocycles. The van der Waals surface area contributed by atoms with Gasteiger partial charge in [-0.25, -0.2) is 4.68 Å². The molecule has 0 radical (unpaired) electrons. The van der Waals surface area contributed by atoms with Crippen molar-refractivity contribution in [2.24, 2.45) is 0 Å². The summed E-state index contributed by atoms with van der Waals surface area (Å²) < 4.78 is 39.6. The van der Waals surface area contributed by atoms with Crippen LogP contribution in [0, 0.1) is 11.3 Å². The molecule has 10 heteroatoms. The van der Waals surface area contributed by atoms with Crippen molar-refractivity contribution in [3.8, 4) is 11.8 Å². The van der Waals surface area contributed by atoms with Crippen LogP contribution in [0.3, 0.4) is 0 Å². The number of hydrogen-bond donors (Lipinski definition) is 1. The van der Waals surface area contributed by atoms with Gasteiger partial charge in [-0.05, 0) is 32.0 Å². The number of rotatable bonds is 6. The first-order valence-electron chi connectivity index (χ1n) is 8.09. The number of amides is 1. The minimum Gasteiger partial charge on any atom is -0.360 e. The highest BCUT2D eigenvalue weighted by molar-refractivity contribution is 6.32. The van der Waals surface area contributed by atoms with E-state index >= 15 is 0 Å². The second-order valence-electron chi connectivity index (χ2n) is 5.51. The Hall–Kier alpha value is -2.73. The number of aromatic nitrogens is 2. The van der Waals surface area contributed by atoms with E-state index in [9.17, 15) is 23.2 Å². The topological polar surface area (TPSA) is 74.0 Å². The van der Waals surface area contributed by atoms with Crippen LogP contribution in [0.2, 0.25) is 5.02 Å². The van der Waals surface area contributed by atoms with Crippen molar-refractivity contribution in [3.63, 3.8) is 0 Å². The van der Waals surface area contributed by atoms with Crippen LogP contribution in [0.5, 0.6) is 0 Å². The van der Waals surface area contributed by atoms with Crippen LogP contribution < -0.4 is 5.32 Å². The maximum Gasteiger partial charge on any atom is 0.416 e. The van der Waals surface area contributed by atoms with Crippen LogP contribution in [-0.2, 0) is 11.0 Å². The molecule has 1 aromatic carbocycles. The number of nitriles is 1. The van der Waals surface area contributed by atoms with Crippen molar-refractivity contribution >= 4 is 23.3 Å². The summed E-state index contributed by atoms with van der Waals surface area (Å²) >= 11 is 6.01. The molecule has 0 spiro atoms. The fourth-order valence-electron chi connectivity index (χ4n) is 2.49. The SMILES string of the molecule is CCN(CC)C(=O)CNc1c(C#N)cnn1-c1ccc(C(F)(F)F)cc1Cl. The number of halogens is 4. The van der Waals surface area contributed by atoms with E-state index in [-0.39, 0.29) is 34.5 Å². The summed E-state index contributed by atoms with van der Waals surface area (Å²) in [5, 5.41) is 15.9. The molecule has 0 bridgehead atoms. The Morgan fingerprint density at radius 1 is 1.37 bits per heavy atom. The highest BCUT2D eigenvalue weighted by Crippen LogP contribution is 2.34. The Balaban J connectivity index is 2.36. The number of likely N-dealkylation sites (N-methyl/N-ethyl adjacent to an activating group) is 1. The van der Waals surface area contributed by atoms with Crippen molar-refractivity contribution < 1.29 is 18.0 Å². The second kappa shape index (κ2) is 8.31. The molecule has 144 valence electrons. The smallest absolute Gasteiger partial charge is 0.360 e. The number of carbonyl (C=O) groups excluding carboxylic acids is 1. The molecule has 1 aromatic heterocycles. The van der Waals surface area contributed by atoms with E-state index in [1.165, 1.54) is 10.9 Å². The lowest BCUT2D eigenvalue weighted by molar-refractivity contribution is -0.137. The quantitative estimate of drug-likeness (QED) is 0.803. The van der Waals surface area contributed by atoms with E-state index in [1.54, 1.807) is 4.90 Å². The van der Waals surface area contributed by atoms with E-state index in [4.69, 9.17) is 11.6 Å². The van der Waals surface area contributed by atoms with Gasteiger partial charge in [-0.3, -0.25) is 4.79 Å². The molecule has 6 nitrogen and oxygen atoms in total. The molecular weight excluding hydrogens is 383 g/mol. The molecule has 0 fully saturated rings. The first-order valence-corrected chi connectivity index (χ1v) is 8.47. The summed E-state index contributed by atoms with van der Waals surface area (Å²) in [6.45, 7) is 4.65. The molecule has 0 unspecified atom stereocenters. The molecule has 27 heavy (non-hydrogen) atoms. The minimum absolute atomic E-state index is 0.0969. The van der Waals surface area contributed by atoms with Crippen LogP contribution in [0.15, 0.2) is 24.4 Å². The standard InChI is InChI=1S/C17H17ClF3N5O/c1-3-25(4-2)15(27)10-23-16-11(8-22)9-24-26(16)14-6-5-12(7-13(14)18)17(19,20)21/h5-7,9,23H,3-4,10H2,1-2H3. The van der Waals surface area contributed by atoms with E-state index in [2.05, 4.69) is 10.4 Å². The lowest BCUT2D eigenvalue weighted by Crippen LogP contribution is -2.35. The van der Waals surface area contributed by atoms with Gasteiger partial charge in [0.25, 0.3) is 0 Å². The molecule has 0 aliphatic carbocycles. The molecule has 0 saturated heterocycles. The van der Waals surface area contributed by atoms with Gasteiger partial charge >= 0.3 is 6.18 Å². The number of alkyl halides is 3. The Morgan fingerprint density at radius 2 is 2.04 bits per heavy atom. The molecule has 1 heterocycles. The molecule has 0 atom stereocenters. The zero-order valence-corrected chi connectivity index (χ0v) is 15.4. The first-order chi connectivity index (χ1) is 12.7. The fourth-order valence-corrected chi connectivity index (χ4v) is 2.75. The van der Waals surface area contributed by atoms with Crippen molar-refractivity contribution in [2.45, 2.75) is 20.0 Å². The van der Waals surface area contributed by atoms with Crippen molar-refractivity contribution in [2.75, 3.05) is 25.0 Å². The van der Waals surface area contributed by atoms with Crippen LogP contribution in [0.25, 0.3) is 5.69 Å². The third kappa shape index (κ3) is 4.52. The predicted molar refractivity (Wildman–Crippen MR) is 94.7 cm³/mol. The summed E-state index contributed by atoms with van der Waals surface area (Å²) in [6, 6.07) is 4.75. The zero-order valence-electron chi connectivity index (χ0n) is 14.6. The van der Waals surface area contributed by atoms with Gasteiger partial charge in [0.05, 0.1) is 29.0 Å². The second-order valence-corrected chi connectivity index (χ2v) is 5.92. The third-order valence-electron chi connectivity index (χ3n) is 3.92. The summed E-state index contributed by atoms with van der Waals surface area (Å²) in [5.74, 6) is -0.00480. The monoisotopic (exact) mass is 399 g/mol. The molecule has 1 amide bonds. The van der Waals surface area contributed by atoms with Gasteiger partial charge in [0.1, 0.15) is 17.5 Å². The molecule has 0 aliphatic rings. The van der Waals surface area contributed by atoms with E-state index in [0.29, 0.717) is 13.1 Å². The Morgan fingerprint density at radius 3 is 2.56 bits per heavy atom. The highest BCUT2D eigenvalue weighted by atomic mass is 35.5. The normalized spacial score (nSPS) is 11.1. The lowest BCUT2D eigenvalue weighted by Gasteiger charge is -2.19. The summed E-state index contributed by atoms with van der Waals surface area (Å²) in [4.78, 5) is 13.8. The maximum atomic E-state index is 12.8. The van der Waals surface area contributed by atoms with Crippen molar-refractivity contribution in [1.82, 2.24) is 14.7 Å². The van der Waals surface area contributed by atoms with Crippen molar-refractivity contribution in [1.29, 1.82) is 5.26 Å². The third-order valence-corrected chi connectivity index (χ3v) is 4.22. The molecular formula is C17H17ClF3N5O. The predicted octanol–water partition coefficient (Wildman–Crippen LogP) is 3.70. The number of benzene rings is 1. The summed E-state index contributed by atoms with van der Waals surface area (Å²) in [5.41, 5.74) is -0.600. The van der Waals surface area contributed by atoms with Crippen LogP contribution in [0.1, 0.15) is 25.0 Å². The van der Waals surface area contributed by atoms with E-state index in [0.717, 1.165) is 18.2 Å². The zero-order chi connectivity index (χ0) is 20.2. The maximum absolute atomic E-state index is 12.8. The van der Waals surface area contributed by atoms with Crippen LogP contribution >= 0.6 is 11.6 Å². The average Bonchev–Trinajstić information content (AvgIpc) is 3.02. The van der Waals surface area contributed by atoms with Crippen LogP contribution in [0.4, 0.5) is 19.0 Å². The molecule has 2 aromatic rings. The molecule has 0 saturated carbocycles. The summed E-state index contributed by atoms with van der Waals surface area (Å²) in [7, 11) is 0. The Bertz CT molecular complexity index is 868. The largest absolute Gasteiger partial charge is 0.416 e. The fraction of sp³-hybridized carbons (Fsp3) is 0.353. The number of nitrogens with zero attached hydrogens (tertiary/aromatic N) is 4. The highest BCUT2D eigenvalue weighted by Gasteiger charge is 2.31. The number of carbonyl (C=O) groups is 1. The number of nitrogens with one attached hydrogen (secondary N) is 1. The Labute approximate surface area is 159 Å². The van der Waals surface area contributed by atoms with Gasteiger partial charge in [0.2, 0.25) is 5.91 Å². The van der Waals surface area contributed by atoms with Gasteiger partial charge in [-0.2, -0.15) is 23.5 Å². The number of hydrogen-bond acceptors (Lipinski definition) is 4. The summed E-state index contributed by atoms with van der Waals surface area (Å²) in [6.07, 6.45) is -3.28. The molecule has 1 N–H and O–H groups in total. The Kier molecular flexibility index (Phi) is 6.33. The van der Waals surface area contributed by atoms with E-state index in [1.807, 2.05) is 19.9 Å². The number of anilines is 1. The van der Waals surface area contributed by atoms with Gasteiger partial charge in [0, 0.05) is 13.1 Å². The average molecular weight is 400 g/mol. The molecule has 2 rings (SSSR count). The van der Waals surface area contributed by atoms with Gasteiger partial charge in [-0.15, -0.1) is 0 Å². The van der Waals surface area contributed by atoms with E-state index < -0.39 is 11.7 Å². The first kappa shape index (κ1) is 20.6. The lowest BCUT2D eigenvalue weighted by atomic mass is 10.2. The van der Waals surface area contributed by atoms with Crippen molar-refractivity contribution in [3.05, 3.63) is 40.5 Å². The van der Waals surface area contributed by atoms with Gasteiger partial charge in [0.15, 0.2) is 0 Å². The minimum atomic E-state index is -4.53. The van der Waals surface area contributed by atoms with Gasteiger partial charge in [-0.1, -0.05) is 11.6 Å². The van der Waals surface area contributed by atoms with Gasteiger partial charge < -0.3 is 10.2 Å². The van der Waals surface area contributed by atoms with Crippen LogP contribution in [-0.4, -0.2) is 40.2 Å².